The lowest BCUT2D eigenvalue weighted by atomic mass is 10.1. The van der Waals surface area contributed by atoms with Gasteiger partial charge in [0.15, 0.2) is 0 Å². The molecule has 1 N–H and O–H groups in total. The van der Waals surface area contributed by atoms with E-state index < -0.39 is 11.0 Å². The van der Waals surface area contributed by atoms with E-state index in [4.69, 9.17) is 0 Å². The number of nitro groups is 1. The molecule has 1 atom stereocenters. The molecule has 0 aliphatic heterocycles. The first-order chi connectivity index (χ1) is 7.41. The van der Waals surface area contributed by atoms with Gasteiger partial charge in [-0.05, 0) is 26.0 Å². The maximum Gasteiger partial charge on any atom is 0.272 e. The second-order valence-corrected chi connectivity index (χ2v) is 3.96. The van der Waals surface area contributed by atoms with Crippen molar-refractivity contribution in [1.29, 1.82) is 0 Å². The summed E-state index contributed by atoms with van der Waals surface area (Å²) in [5, 5.41) is 19.9. The number of nitrogens with zero attached hydrogens (tertiary/aromatic N) is 2. The van der Waals surface area contributed by atoms with Crippen molar-refractivity contribution in [3.8, 4) is 0 Å². The minimum Gasteiger partial charge on any atom is -0.392 e. The Hall–Kier alpha value is -1.62. The maximum absolute atomic E-state index is 10.6. The number of hydrogen-bond acceptors (Lipinski definition) is 4. The average Bonchev–Trinajstić information content (AvgIpc) is 2.15. The summed E-state index contributed by atoms with van der Waals surface area (Å²) in [6, 6.07) is 4.93. The molecule has 0 aromatic heterocycles. The van der Waals surface area contributed by atoms with E-state index in [-0.39, 0.29) is 5.69 Å². The van der Waals surface area contributed by atoms with Gasteiger partial charge in [-0.15, -0.1) is 0 Å². The van der Waals surface area contributed by atoms with Crippen molar-refractivity contribution in [1.82, 2.24) is 0 Å². The molecular formula is C11H16N2O3. The number of likely N-dealkylation sites (N-methyl/N-ethyl adjacent to an activating group) is 1. The fourth-order valence-corrected chi connectivity index (χ4v) is 1.58. The van der Waals surface area contributed by atoms with Crippen LogP contribution in [0.2, 0.25) is 0 Å². The van der Waals surface area contributed by atoms with E-state index in [1.165, 1.54) is 6.07 Å². The second kappa shape index (κ2) is 4.94. The standard InChI is InChI=1S/C11H16N2O3/c1-8-6-10(12(3)7-9(2)14)4-5-11(8)13(15)16/h4-6,9,14H,7H2,1-3H3. The molecule has 0 heterocycles. The number of rotatable bonds is 4. The minimum absolute atomic E-state index is 0.120. The number of aliphatic hydroxyl groups excluding tert-OH is 1. The van der Waals surface area contributed by atoms with E-state index in [9.17, 15) is 15.2 Å². The highest BCUT2D eigenvalue weighted by Crippen LogP contribution is 2.23. The van der Waals surface area contributed by atoms with Crippen LogP contribution in [-0.2, 0) is 0 Å². The first-order valence-corrected chi connectivity index (χ1v) is 5.06. The van der Waals surface area contributed by atoms with Gasteiger partial charge < -0.3 is 10.0 Å². The number of aryl methyl sites for hydroxylation is 1. The highest BCUT2D eigenvalue weighted by atomic mass is 16.6. The third-order valence-corrected chi connectivity index (χ3v) is 2.36. The Labute approximate surface area is 94.5 Å². The van der Waals surface area contributed by atoms with E-state index >= 15 is 0 Å². The van der Waals surface area contributed by atoms with Gasteiger partial charge in [-0.2, -0.15) is 0 Å². The Morgan fingerprint density at radius 1 is 1.56 bits per heavy atom. The lowest BCUT2D eigenvalue weighted by Gasteiger charge is -2.21. The van der Waals surface area contributed by atoms with Gasteiger partial charge >= 0.3 is 0 Å². The number of hydrogen-bond donors (Lipinski definition) is 1. The quantitative estimate of drug-likeness (QED) is 0.624. The molecule has 0 saturated carbocycles. The molecule has 0 aliphatic rings. The Kier molecular flexibility index (Phi) is 3.84. The Bertz CT molecular complexity index is 391. The lowest BCUT2D eigenvalue weighted by Crippen LogP contribution is -2.26. The number of anilines is 1. The molecular weight excluding hydrogens is 208 g/mol. The molecule has 0 radical (unpaired) electrons. The highest BCUT2D eigenvalue weighted by Gasteiger charge is 2.12. The van der Waals surface area contributed by atoms with E-state index in [1.54, 1.807) is 26.0 Å². The zero-order chi connectivity index (χ0) is 12.3. The summed E-state index contributed by atoms with van der Waals surface area (Å²) >= 11 is 0. The van der Waals surface area contributed by atoms with Crippen LogP contribution in [0.1, 0.15) is 12.5 Å². The molecule has 88 valence electrons. The Morgan fingerprint density at radius 3 is 2.62 bits per heavy atom. The van der Waals surface area contributed by atoms with Gasteiger partial charge in [-0.3, -0.25) is 10.1 Å². The summed E-state index contributed by atoms with van der Waals surface area (Å²) in [6.45, 7) is 3.91. The third kappa shape index (κ3) is 2.93. The van der Waals surface area contributed by atoms with E-state index in [2.05, 4.69) is 0 Å². The van der Waals surface area contributed by atoms with Crippen LogP contribution in [0.15, 0.2) is 18.2 Å². The van der Waals surface area contributed by atoms with Crippen molar-refractivity contribution in [3.05, 3.63) is 33.9 Å². The molecule has 5 nitrogen and oxygen atoms in total. The summed E-state index contributed by atoms with van der Waals surface area (Å²) < 4.78 is 0. The summed E-state index contributed by atoms with van der Waals surface area (Å²) in [5.74, 6) is 0. The minimum atomic E-state index is -0.430. The van der Waals surface area contributed by atoms with Gasteiger partial charge in [0.25, 0.3) is 5.69 Å². The first-order valence-electron chi connectivity index (χ1n) is 5.06. The van der Waals surface area contributed by atoms with Gasteiger partial charge in [0.05, 0.1) is 11.0 Å². The summed E-state index contributed by atoms with van der Waals surface area (Å²) in [6.07, 6.45) is -0.430. The fourth-order valence-electron chi connectivity index (χ4n) is 1.58. The summed E-state index contributed by atoms with van der Waals surface area (Å²) in [4.78, 5) is 12.1. The molecule has 1 aromatic carbocycles. The molecule has 0 spiro atoms. The fraction of sp³-hybridized carbons (Fsp3) is 0.455. The van der Waals surface area contributed by atoms with Gasteiger partial charge in [-0.1, -0.05) is 0 Å². The van der Waals surface area contributed by atoms with Crippen LogP contribution in [0, 0.1) is 17.0 Å². The second-order valence-electron chi connectivity index (χ2n) is 3.96. The first kappa shape index (κ1) is 12.4. The summed E-state index contributed by atoms with van der Waals surface area (Å²) in [7, 11) is 1.84. The zero-order valence-corrected chi connectivity index (χ0v) is 9.67. The van der Waals surface area contributed by atoms with Gasteiger partial charge in [0.1, 0.15) is 0 Å². The molecule has 16 heavy (non-hydrogen) atoms. The molecule has 0 aliphatic carbocycles. The topological polar surface area (TPSA) is 66.6 Å². The van der Waals surface area contributed by atoms with Crippen LogP contribution >= 0.6 is 0 Å². The van der Waals surface area contributed by atoms with Crippen LogP contribution in [0.4, 0.5) is 11.4 Å². The predicted molar refractivity (Wildman–Crippen MR) is 62.8 cm³/mol. The van der Waals surface area contributed by atoms with Crippen LogP contribution in [0.5, 0.6) is 0 Å². The third-order valence-electron chi connectivity index (χ3n) is 2.36. The molecule has 1 aromatic rings. The molecule has 0 fully saturated rings. The molecule has 0 bridgehead atoms. The molecule has 0 amide bonds. The number of benzene rings is 1. The number of nitro benzene ring substituents is 1. The van der Waals surface area contributed by atoms with Crippen LogP contribution in [0.3, 0.4) is 0 Å². The van der Waals surface area contributed by atoms with E-state index in [0.29, 0.717) is 12.1 Å². The molecule has 1 rings (SSSR count). The largest absolute Gasteiger partial charge is 0.392 e. The van der Waals surface area contributed by atoms with Crippen molar-refractivity contribution in [3.63, 3.8) is 0 Å². The Balaban J connectivity index is 2.92. The zero-order valence-electron chi connectivity index (χ0n) is 9.67. The lowest BCUT2D eigenvalue weighted by molar-refractivity contribution is -0.385. The Morgan fingerprint density at radius 2 is 2.19 bits per heavy atom. The summed E-state index contributed by atoms with van der Waals surface area (Å²) in [5.41, 5.74) is 1.61. The van der Waals surface area contributed by atoms with Crippen LogP contribution in [0.25, 0.3) is 0 Å². The maximum atomic E-state index is 10.6. The molecule has 5 heteroatoms. The van der Waals surface area contributed by atoms with Crippen molar-refractivity contribution >= 4 is 11.4 Å². The van der Waals surface area contributed by atoms with E-state index in [0.717, 1.165) is 5.69 Å². The van der Waals surface area contributed by atoms with Gasteiger partial charge in [0.2, 0.25) is 0 Å². The van der Waals surface area contributed by atoms with Crippen molar-refractivity contribution < 1.29 is 10.0 Å². The SMILES string of the molecule is Cc1cc(N(C)CC(C)O)ccc1[N+](=O)[O-]. The van der Waals surface area contributed by atoms with Crippen molar-refractivity contribution in [2.45, 2.75) is 20.0 Å². The van der Waals surface area contributed by atoms with Crippen molar-refractivity contribution in [2.75, 3.05) is 18.5 Å². The van der Waals surface area contributed by atoms with Crippen LogP contribution < -0.4 is 4.90 Å². The van der Waals surface area contributed by atoms with Crippen LogP contribution in [-0.4, -0.2) is 29.7 Å². The van der Waals surface area contributed by atoms with Gasteiger partial charge in [-0.25, -0.2) is 0 Å². The smallest absolute Gasteiger partial charge is 0.272 e. The predicted octanol–water partition coefficient (Wildman–Crippen LogP) is 1.72. The number of aliphatic hydroxyl groups is 1. The normalized spacial score (nSPS) is 12.2. The monoisotopic (exact) mass is 224 g/mol. The van der Waals surface area contributed by atoms with E-state index in [1.807, 2.05) is 11.9 Å². The van der Waals surface area contributed by atoms with Gasteiger partial charge in [0, 0.05) is 30.9 Å². The van der Waals surface area contributed by atoms with Crippen molar-refractivity contribution in [2.24, 2.45) is 0 Å². The average molecular weight is 224 g/mol. The molecule has 1 unspecified atom stereocenters. The highest BCUT2D eigenvalue weighted by molar-refractivity contribution is 5.54. The molecule has 0 saturated heterocycles.